The highest BCUT2D eigenvalue weighted by Gasteiger charge is 2.36. The molecule has 1 amide bonds. The zero-order valence-corrected chi connectivity index (χ0v) is 12.7. The van der Waals surface area contributed by atoms with Gasteiger partial charge in [0, 0.05) is 18.0 Å². The van der Waals surface area contributed by atoms with Crippen LogP contribution in [0.1, 0.15) is 29.5 Å². The molecule has 2 aromatic rings. The number of rotatable bonds is 3. The summed E-state index contributed by atoms with van der Waals surface area (Å²) < 4.78 is 0. The minimum Gasteiger partial charge on any atom is -0.465 e. The highest BCUT2D eigenvalue weighted by molar-refractivity contribution is 5.89. The number of nitrogens with zero attached hydrogens (tertiary/aromatic N) is 2. The fraction of sp³-hybridized carbons (Fsp3) is 0.158. The molecule has 114 valence electrons. The van der Waals surface area contributed by atoms with Crippen molar-refractivity contribution < 1.29 is 9.90 Å². The van der Waals surface area contributed by atoms with E-state index in [0.717, 1.165) is 16.7 Å². The van der Waals surface area contributed by atoms with Gasteiger partial charge in [0.2, 0.25) is 0 Å². The summed E-state index contributed by atoms with van der Waals surface area (Å²) in [6.07, 6.45) is -1.04. The highest BCUT2D eigenvalue weighted by atomic mass is 16.4. The van der Waals surface area contributed by atoms with Gasteiger partial charge in [-0.1, -0.05) is 54.6 Å². The normalized spacial score (nSPS) is 15.9. The first-order valence-electron chi connectivity index (χ1n) is 7.48. The first-order chi connectivity index (χ1) is 11.2. The van der Waals surface area contributed by atoms with Crippen LogP contribution in [0, 0.1) is 11.3 Å². The summed E-state index contributed by atoms with van der Waals surface area (Å²) in [6, 6.07) is 19.6. The summed E-state index contributed by atoms with van der Waals surface area (Å²) in [7, 11) is 0. The summed E-state index contributed by atoms with van der Waals surface area (Å²) in [6.45, 7) is 2.07. The fourth-order valence-corrected chi connectivity index (χ4v) is 3.19. The van der Waals surface area contributed by atoms with Gasteiger partial charge in [-0.3, -0.25) is 4.90 Å². The van der Waals surface area contributed by atoms with Crippen molar-refractivity contribution in [1.29, 1.82) is 5.26 Å². The van der Waals surface area contributed by atoms with Gasteiger partial charge < -0.3 is 5.11 Å². The lowest BCUT2D eigenvalue weighted by molar-refractivity contribution is 0.168. The summed E-state index contributed by atoms with van der Waals surface area (Å²) in [4.78, 5) is 12.9. The van der Waals surface area contributed by atoms with Crippen LogP contribution in [-0.2, 0) is 0 Å². The largest absolute Gasteiger partial charge is 0.465 e. The molecule has 4 nitrogen and oxygen atoms in total. The summed E-state index contributed by atoms with van der Waals surface area (Å²) in [5, 5.41) is 19.3. The molecule has 2 aromatic carbocycles. The van der Waals surface area contributed by atoms with Crippen LogP contribution in [0.15, 0.2) is 60.2 Å². The van der Waals surface area contributed by atoms with Gasteiger partial charge >= 0.3 is 6.09 Å². The number of fused-ring (bicyclic) bond motifs is 1. The zero-order valence-electron chi connectivity index (χ0n) is 12.7. The van der Waals surface area contributed by atoms with Gasteiger partial charge in [0.05, 0.1) is 17.3 Å². The molecule has 1 atom stereocenters. The van der Waals surface area contributed by atoms with Crippen molar-refractivity contribution in [2.24, 2.45) is 0 Å². The van der Waals surface area contributed by atoms with Crippen LogP contribution in [0.5, 0.6) is 0 Å². The summed E-state index contributed by atoms with van der Waals surface area (Å²) in [5.41, 5.74) is 3.79. The number of hydrogen-bond acceptors (Lipinski definition) is 2. The molecule has 1 aliphatic rings. The second kappa shape index (κ2) is 5.98. The van der Waals surface area contributed by atoms with Crippen molar-refractivity contribution >= 4 is 11.8 Å². The Kier molecular flexibility index (Phi) is 3.86. The van der Waals surface area contributed by atoms with E-state index in [1.165, 1.54) is 4.90 Å². The number of nitriles is 1. The smallest absolute Gasteiger partial charge is 0.411 e. The molecule has 0 bridgehead atoms. The van der Waals surface area contributed by atoms with Crippen LogP contribution in [0.4, 0.5) is 4.79 Å². The van der Waals surface area contributed by atoms with Crippen LogP contribution < -0.4 is 0 Å². The number of allylic oxidation sites excluding steroid dienone is 1. The van der Waals surface area contributed by atoms with Gasteiger partial charge in [-0.15, -0.1) is 0 Å². The van der Waals surface area contributed by atoms with E-state index in [1.54, 1.807) is 6.92 Å². The second-order valence-electron chi connectivity index (χ2n) is 5.33. The van der Waals surface area contributed by atoms with Crippen molar-refractivity contribution in [2.75, 3.05) is 6.54 Å². The van der Waals surface area contributed by atoms with Gasteiger partial charge in [-0.2, -0.15) is 5.26 Å². The van der Waals surface area contributed by atoms with Crippen molar-refractivity contribution in [3.05, 3.63) is 76.9 Å². The third-order valence-electron chi connectivity index (χ3n) is 4.14. The van der Waals surface area contributed by atoms with E-state index in [0.29, 0.717) is 17.8 Å². The molecule has 23 heavy (non-hydrogen) atoms. The molecule has 1 N–H and O–H groups in total. The van der Waals surface area contributed by atoms with Crippen LogP contribution in [-0.4, -0.2) is 22.6 Å². The zero-order chi connectivity index (χ0) is 16.4. The Labute approximate surface area is 134 Å². The van der Waals surface area contributed by atoms with Crippen LogP contribution in [0.25, 0.3) is 5.70 Å². The summed E-state index contributed by atoms with van der Waals surface area (Å²) >= 11 is 0. The standard InChI is InChI=1S/C19H16N2O2/c1-2-21(19(22)23)18-15-11-7-6-10-14(15)17(16(18)12-20)13-8-4-3-5-9-13/h3-11,17H,2H2,1H3,(H,22,23). The minimum absolute atomic E-state index is 0.221. The first-order valence-corrected chi connectivity index (χ1v) is 7.48. The van der Waals surface area contributed by atoms with Crippen molar-refractivity contribution in [3.8, 4) is 6.07 Å². The van der Waals surface area contributed by atoms with Crippen LogP contribution in [0.2, 0.25) is 0 Å². The average Bonchev–Trinajstić information content (AvgIpc) is 2.90. The Morgan fingerprint density at radius 2 is 1.83 bits per heavy atom. The lowest BCUT2D eigenvalue weighted by Crippen LogP contribution is -2.27. The third kappa shape index (κ3) is 2.36. The van der Waals surface area contributed by atoms with Gasteiger partial charge in [0.25, 0.3) is 0 Å². The molecule has 1 aliphatic carbocycles. The van der Waals surface area contributed by atoms with E-state index in [1.807, 2.05) is 54.6 Å². The molecule has 0 heterocycles. The molecule has 0 aromatic heterocycles. The van der Waals surface area contributed by atoms with E-state index in [9.17, 15) is 15.2 Å². The van der Waals surface area contributed by atoms with E-state index in [-0.39, 0.29) is 5.92 Å². The predicted molar refractivity (Wildman–Crippen MR) is 87.7 cm³/mol. The van der Waals surface area contributed by atoms with Gasteiger partial charge in [0.15, 0.2) is 0 Å². The number of amides is 1. The monoisotopic (exact) mass is 304 g/mol. The van der Waals surface area contributed by atoms with E-state index in [2.05, 4.69) is 6.07 Å². The predicted octanol–water partition coefficient (Wildman–Crippen LogP) is 4.07. The number of carboxylic acid groups (broad SMARTS) is 1. The number of carbonyl (C=O) groups is 1. The molecule has 3 rings (SSSR count). The van der Waals surface area contributed by atoms with Crippen molar-refractivity contribution in [3.63, 3.8) is 0 Å². The highest BCUT2D eigenvalue weighted by Crippen LogP contribution is 2.46. The molecule has 0 saturated heterocycles. The number of benzene rings is 2. The number of hydrogen-bond donors (Lipinski definition) is 1. The lowest BCUT2D eigenvalue weighted by Gasteiger charge is -2.20. The maximum atomic E-state index is 11.6. The molecule has 0 radical (unpaired) electrons. The van der Waals surface area contributed by atoms with Gasteiger partial charge in [-0.05, 0) is 18.1 Å². The molecular formula is C19H16N2O2. The molecule has 1 unspecified atom stereocenters. The Bertz CT molecular complexity index is 819. The first kappa shape index (κ1) is 14.9. The third-order valence-corrected chi connectivity index (χ3v) is 4.14. The molecule has 0 saturated carbocycles. The maximum Gasteiger partial charge on any atom is 0.411 e. The van der Waals surface area contributed by atoms with E-state index < -0.39 is 6.09 Å². The van der Waals surface area contributed by atoms with Gasteiger partial charge in [0.1, 0.15) is 0 Å². The Balaban J connectivity index is 2.27. The molecule has 4 heteroatoms. The van der Waals surface area contributed by atoms with Gasteiger partial charge in [-0.25, -0.2) is 4.79 Å². The van der Waals surface area contributed by atoms with Crippen LogP contribution >= 0.6 is 0 Å². The Morgan fingerprint density at radius 1 is 1.17 bits per heavy atom. The lowest BCUT2D eigenvalue weighted by atomic mass is 9.89. The summed E-state index contributed by atoms with van der Waals surface area (Å²) in [5.74, 6) is -0.221. The second-order valence-corrected chi connectivity index (χ2v) is 5.33. The molecular weight excluding hydrogens is 288 g/mol. The fourth-order valence-electron chi connectivity index (χ4n) is 3.19. The Morgan fingerprint density at radius 3 is 2.43 bits per heavy atom. The van der Waals surface area contributed by atoms with Crippen molar-refractivity contribution in [1.82, 2.24) is 4.90 Å². The van der Waals surface area contributed by atoms with E-state index in [4.69, 9.17) is 0 Å². The van der Waals surface area contributed by atoms with Crippen molar-refractivity contribution in [2.45, 2.75) is 12.8 Å². The SMILES string of the molecule is CCN(C(=O)O)C1=C(C#N)C(c2ccccc2)c2ccccc21. The van der Waals surface area contributed by atoms with E-state index >= 15 is 0 Å². The topological polar surface area (TPSA) is 64.3 Å². The van der Waals surface area contributed by atoms with Crippen LogP contribution in [0.3, 0.4) is 0 Å². The molecule has 0 fully saturated rings. The minimum atomic E-state index is -1.04. The Hall–Kier alpha value is -3.06. The quantitative estimate of drug-likeness (QED) is 0.929. The molecule has 0 spiro atoms. The average molecular weight is 304 g/mol. The molecule has 0 aliphatic heterocycles. The maximum absolute atomic E-state index is 11.6.